The zero-order valence-electron chi connectivity index (χ0n) is 13.8. The molecule has 132 valence electrons. The van der Waals surface area contributed by atoms with Crippen LogP contribution in [0.15, 0.2) is 58.5 Å². The van der Waals surface area contributed by atoms with Gasteiger partial charge in [0.1, 0.15) is 5.82 Å². The summed E-state index contributed by atoms with van der Waals surface area (Å²) < 4.78 is 38.4. The van der Waals surface area contributed by atoms with E-state index in [-0.39, 0.29) is 4.90 Å². The van der Waals surface area contributed by atoms with Crippen LogP contribution < -0.4 is 5.43 Å². The third kappa shape index (κ3) is 5.20. The molecule has 2 aromatic rings. The van der Waals surface area contributed by atoms with E-state index >= 15 is 0 Å². The number of halogens is 1. The van der Waals surface area contributed by atoms with E-state index in [0.717, 1.165) is 39.7 Å². The Bertz CT molecular complexity index is 863. The van der Waals surface area contributed by atoms with Gasteiger partial charge in [-0.2, -0.15) is 9.41 Å². The van der Waals surface area contributed by atoms with Gasteiger partial charge in [-0.25, -0.2) is 18.2 Å². The summed E-state index contributed by atoms with van der Waals surface area (Å²) in [6.07, 6.45) is 1.46. The Labute approximate surface area is 146 Å². The topological polar surface area (TPSA) is 78.8 Å². The average molecular weight is 363 g/mol. The van der Waals surface area contributed by atoms with Crippen molar-refractivity contribution >= 4 is 22.1 Å². The van der Waals surface area contributed by atoms with Crippen molar-refractivity contribution < 1.29 is 17.6 Å². The van der Waals surface area contributed by atoms with Gasteiger partial charge in [0.15, 0.2) is 0 Å². The van der Waals surface area contributed by atoms with Crippen molar-refractivity contribution in [3.63, 3.8) is 0 Å². The molecule has 0 fully saturated rings. The fraction of sp³-hybridized carbons (Fsp3) is 0.176. The van der Waals surface area contributed by atoms with Crippen LogP contribution >= 0.6 is 0 Å². The number of benzene rings is 2. The molecule has 1 N–H and O–H groups in total. The number of hydrogen-bond acceptors (Lipinski definition) is 4. The van der Waals surface area contributed by atoms with Crippen molar-refractivity contribution in [2.75, 3.05) is 13.6 Å². The highest BCUT2D eigenvalue weighted by Gasteiger charge is 2.22. The third-order valence-corrected chi connectivity index (χ3v) is 5.19. The van der Waals surface area contributed by atoms with Crippen LogP contribution in [-0.4, -0.2) is 38.4 Å². The maximum atomic E-state index is 12.9. The number of amides is 1. The fourth-order valence-corrected chi connectivity index (χ4v) is 3.07. The highest BCUT2D eigenvalue weighted by Crippen LogP contribution is 2.14. The number of aryl methyl sites for hydroxylation is 1. The van der Waals surface area contributed by atoms with Crippen LogP contribution in [-0.2, 0) is 14.8 Å². The quantitative estimate of drug-likeness (QED) is 0.629. The van der Waals surface area contributed by atoms with E-state index in [0.29, 0.717) is 0 Å². The number of nitrogens with zero attached hydrogens (tertiary/aromatic N) is 2. The van der Waals surface area contributed by atoms with E-state index in [4.69, 9.17) is 0 Å². The smallest absolute Gasteiger partial charge is 0.255 e. The van der Waals surface area contributed by atoms with Gasteiger partial charge >= 0.3 is 0 Å². The lowest BCUT2D eigenvalue weighted by Gasteiger charge is -2.16. The monoisotopic (exact) mass is 363 g/mol. The first kappa shape index (κ1) is 18.8. The zero-order valence-corrected chi connectivity index (χ0v) is 14.6. The van der Waals surface area contributed by atoms with Gasteiger partial charge in [0, 0.05) is 7.05 Å². The molecular formula is C17H18FN3O3S. The molecule has 0 unspecified atom stereocenters. The van der Waals surface area contributed by atoms with Crippen molar-refractivity contribution in [3.8, 4) is 0 Å². The van der Waals surface area contributed by atoms with Crippen LogP contribution in [0.25, 0.3) is 0 Å². The fourth-order valence-electron chi connectivity index (χ4n) is 1.94. The number of hydrogen-bond donors (Lipinski definition) is 1. The van der Waals surface area contributed by atoms with Gasteiger partial charge in [-0.05, 0) is 36.8 Å². The molecule has 1 amide bonds. The van der Waals surface area contributed by atoms with Crippen molar-refractivity contribution in [2.45, 2.75) is 11.8 Å². The summed E-state index contributed by atoms with van der Waals surface area (Å²) in [7, 11) is -2.61. The Balaban J connectivity index is 1.95. The normalized spacial score (nSPS) is 11.8. The van der Waals surface area contributed by atoms with Gasteiger partial charge < -0.3 is 0 Å². The predicted octanol–water partition coefficient (Wildman–Crippen LogP) is 1.90. The summed E-state index contributed by atoms with van der Waals surface area (Å²) in [4.78, 5) is 11.7. The molecule has 0 saturated heterocycles. The zero-order chi connectivity index (χ0) is 18.4. The van der Waals surface area contributed by atoms with Crippen LogP contribution in [0, 0.1) is 12.7 Å². The van der Waals surface area contributed by atoms with Crippen LogP contribution in [0.4, 0.5) is 4.39 Å². The summed E-state index contributed by atoms with van der Waals surface area (Å²) in [5.74, 6) is -1.12. The molecular weight excluding hydrogens is 345 g/mol. The lowest BCUT2D eigenvalue weighted by molar-refractivity contribution is -0.121. The highest BCUT2D eigenvalue weighted by atomic mass is 32.2. The second-order valence-electron chi connectivity index (χ2n) is 5.42. The third-order valence-electron chi connectivity index (χ3n) is 3.37. The number of likely N-dealkylation sites (N-methyl/N-ethyl adjacent to an activating group) is 1. The predicted molar refractivity (Wildman–Crippen MR) is 93.1 cm³/mol. The molecule has 0 aliphatic heterocycles. The SMILES string of the molecule is Cc1ccc(/C=N\NC(=O)CN(C)S(=O)(=O)c2ccc(F)cc2)cc1. The summed E-state index contributed by atoms with van der Waals surface area (Å²) in [5.41, 5.74) is 4.18. The minimum Gasteiger partial charge on any atom is -0.272 e. The average Bonchev–Trinajstić information content (AvgIpc) is 2.57. The standard InChI is InChI=1S/C17H18FN3O3S/c1-13-3-5-14(6-4-13)11-19-20-17(22)12-21(2)25(23,24)16-9-7-15(18)8-10-16/h3-11H,12H2,1-2H3,(H,20,22)/b19-11-. The maximum Gasteiger partial charge on any atom is 0.255 e. The Morgan fingerprint density at radius 1 is 1.16 bits per heavy atom. The first-order valence-electron chi connectivity index (χ1n) is 7.39. The Morgan fingerprint density at radius 2 is 1.76 bits per heavy atom. The molecule has 8 heteroatoms. The minimum absolute atomic E-state index is 0.0904. The maximum absolute atomic E-state index is 12.9. The first-order chi connectivity index (χ1) is 11.8. The summed E-state index contributed by atoms with van der Waals surface area (Å²) in [5, 5.41) is 3.80. The molecule has 2 rings (SSSR count). The van der Waals surface area contributed by atoms with E-state index in [1.807, 2.05) is 31.2 Å². The van der Waals surface area contributed by atoms with Gasteiger partial charge in [0.05, 0.1) is 17.7 Å². The Kier molecular flexibility index (Phi) is 6.00. The first-order valence-corrected chi connectivity index (χ1v) is 8.83. The summed E-state index contributed by atoms with van der Waals surface area (Å²) in [6.45, 7) is 1.55. The number of sulfonamides is 1. The molecule has 0 heterocycles. The van der Waals surface area contributed by atoms with E-state index < -0.39 is 28.3 Å². The van der Waals surface area contributed by atoms with Crippen LogP contribution in [0.1, 0.15) is 11.1 Å². The molecule has 0 atom stereocenters. The van der Waals surface area contributed by atoms with E-state index in [1.54, 1.807) is 0 Å². The molecule has 0 spiro atoms. The van der Waals surface area contributed by atoms with Gasteiger partial charge in [0.2, 0.25) is 10.0 Å². The summed E-state index contributed by atoms with van der Waals surface area (Å²) in [6, 6.07) is 11.9. The highest BCUT2D eigenvalue weighted by molar-refractivity contribution is 7.89. The van der Waals surface area contributed by atoms with E-state index in [2.05, 4.69) is 10.5 Å². The lowest BCUT2D eigenvalue weighted by atomic mass is 10.2. The molecule has 0 bridgehead atoms. The molecule has 0 aliphatic rings. The van der Waals surface area contributed by atoms with Crippen molar-refractivity contribution in [3.05, 3.63) is 65.5 Å². The molecule has 0 aliphatic carbocycles. The number of carbonyl (C=O) groups is 1. The van der Waals surface area contributed by atoms with Crippen molar-refractivity contribution in [2.24, 2.45) is 5.10 Å². The number of nitrogens with one attached hydrogen (secondary N) is 1. The molecule has 2 aromatic carbocycles. The van der Waals surface area contributed by atoms with Gasteiger partial charge in [0.25, 0.3) is 5.91 Å². The number of rotatable bonds is 6. The molecule has 0 radical (unpaired) electrons. The second-order valence-corrected chi connectivity index (χ2v) is 7.46. The Hall–Kier alpha value is -2.58. The minimum atomic E-state index is -3.88. The van der Waals surface area contributed by atoms with Gasteiger partial charge in [-0.15, -0.1) is 0 Å². The molecule has 0 aromatic heterocycles. The molecule has 0 saturated carbocycles. The van der Waals surface area contributed by atoms with Crippen molar-refractivity contribution in [1.29, 1.82) is 0 Å². The number of hydrazone groups is 1. The van der Waals surface area contributed by atoms with Crippen molar-refractivity contribution in [1.82, 2.24) is 9.73 Å². The second kappa shape index (κ2) is 8.00. The largest absolute Gasteiger partial charge is 0.272 e. The van der Waals surface area contributed by atoms with Crippen LogP contribution in [0.2, 0.25) is 0 Å². The summed E-state index contributed by atoms with van der Waals surface area (Å²) >= 11 is 0. The van der Waals surface area contributed by atoms with Crippen LogP contribution in [0.5, 0.6) is 0 Å². The van der Waals surface area contributed by atoms with Gasteiger partial charge in [-0.3, -0.25) is 4.79 Å². The van der Waals surface area contributed by atoms with E-state index in [1.165, 1.54) is 13.3 Å². The van der Waals surface area contributed by atoms with Gasteiger partial charge in [-0.1, -0.05) is 29.8 Å². The van der Waals surface area contributed by atoms with Crippen LogP contribution in [0.3, 0.4) is 0 Å². The number of carbonyl (C=O) groups excluding carboxylic acids is 1. The Morgan fingerprint density at radius 3 is 2.36 bits per heavy atom. The molecule has 25 heavy (non-hydrogen) atoms. The molecule has 6 nitrogen and oxygen atoms in total. The lowest BCUT2D eigenvalue weighted by Crippen LogP contribution is -2.36. The van der Waals surface area contributed by atoms with E-state index in [9.17, 15) is 17.6 Å².